The first-order valence-corrected chi connectivity index (χ1v) is 20.4. The van der Waals surface area contributed by atoms with Gasteiger partial charge in [-0.15, -0.1) is 0 Å². The lowest BCUT2D eigenvalue weighted by Gasteiger charge is -2.26. The lowest BCUT2D eigenvalue weighted by Crippen LogP contribution is -2.43. The van der Waals surface area contributed by atoms with Gasteiger partial charge in [-0.05, 0) is 93.3 Å². The number of anilines is 2. The maximum atomic E-state index is 13.4. The van der Waals surface area contributed by atoms with Gasteiger partial charge in [0.1, 0.15) is 40.5 Å². The normalized spacial score (nSPS) is 16.8. The lowest BCUT2D eigenvalue weighted by molar-refractivity contribution is 0.0285. The zero-order chi connectivity index (χ0) is 43.2. The third kappa shape index (κ3) is 12.3. The van der Waals surface area contributed by atoms with Crippen LogP contribution in [0.1, 0.15) is 33.6 Å². The molecule has 59 heavy (non-hydrogen) atoms. The Morgan fingerprint density at radius 3 is 1.49 bits per heavy atom. The minimum Gasteiger partial charge on any atom is -0.444 e. The molecule has 2 aromatic heterocycles. The fourth-order valence-electron chi connectivity index (χ4n) is 6.32. The van der Waals surface area contributed by atoms with Crippen LogP contribution >= 0.6 is 0 Å². The van der Waals surface area contributed by atoms with Gasteiger partial charge in [0.05, 0.1) is 12.3 Å². The number of sulfonamides is 1. The number of ether oxygens (including phenoxy) is 1. The standard InChI is InChI=1S/C22H26F2N4O3.C18H20F2N4O3S/c1-22(2,3)31-21(30)28-8-7-18(13-28)27(4)20(29)26-19-6-5-14(12-25-19)15-9-16(23)11-17(24)10-15;1-23(16-5-6-24(11-16)28(2,26)27)18(25)22-17-4-3-12(10-21-17)13-7-14(19)9-15(20)8-13/h5-6,9-12,18H,7-8,13H2,1-4H3,(H,25,26,29);3-4,7-10,16H,5-6,11H2,1-2H3,(H,21,22,25). The van der Waals surface area contributed by atoms with Crippen LogP contribution in [-0.2, 0) is 14.8 Å². The summed E-state index contributed by atoms with van der Waals surface area (Å²) in [5.41, 5.74) is 1.14. The third-order valence-corrected chi connectivity index (χ3v) is 10.8. The van der Waals surface area contributed by atoms with E-state index >= 15 is 0 Å². The van der Waals surface area contributed by atoms with Crippen LogP contribution in [0.15, 0.2) is 73.1 Å². The van der Waals surface area contributed by atoms with Gasteiger partial charge in [0.2, 0.25) is 10.0 Å². The van der Waals surface area contributed by atoms with Gasteiger partial charge in [-0.3, -0.25) is 10.6 Å². The van der Waals surface area contributed by atoms with Crippen molar-refractivity contribution < 1.29 is 45.1 Å². The summed E-state index contributed by atoms with van der Waals surface area (Å²) in [4.78, 5) is 50.0. The number of urea groups is 2. The summed E-state index contributed by atoms with van der Waals surface area (Å²) in [7, 11) is -0.0335. The van der Waals surface area contributed by atoms with E-state index in [1.165, 1.54) is 56.8 Å². The largest absolute Gasteiger partial charge is 0.444 e. The highest BCUT2D eigenvalue weighted by atomic mass is 32.2. The Balaban J connectivity index is 0.000000225. The molecule has 5 amide bonds. The number of nitrogens with one attached hydrogen (secondary N) is 2. The van der Waals surface area contributed by atoms with E-state index in [4.69, 9.17) is 4.74 Å². The quantitative estimate of drug-likeness (QED) is 0.188. The Labute approximate surface area is 340 Å². The molecule has 6 rings (SSSR count). The van der Waals surface area contributed by atoms with Crippen molar-refractivity contribution in [3.8, 4) is 22.3 Å². The van der Waals surface area contributed by atoms with Gasteiger partial charge >= 0.3 is 18.2 Å². The lowest BCUT2D eigenvalue weighted by atomic mass is 10.1. The number of amides is 5. The van der Waals surface area contributed by atoms with Gasteiger partial charge in [0.25, 0.3) is 0 Å². The van der Waals surface area contributed by atoms with Crippen molar-refractivity contribution in [2.24, 2.45) is 0 Å². The molecule has 2 aliphatic rings. The Morgan fingerprint density at radius 1 is 0.695 bits per heavy atom. The molecule has 2 aliphatic heterocycles. The SMILES string of the molecule is CN(C(=O)Nc1ccc(-c2cc(F)cc(F)c2)cn1)C1CCN(C(=O)OC(C)(C)C)C1.CN(C(=O)Nc1ccc(-c2cc(F)cc(F)c2)cn1)C1CCN(S(C)(=O)=O)C1. The summed E-state index contributed by atoms with van der Waals surface area (Å²) in [6, 6.07) is 11.5. The molecule has 2 saturated heterocycles. The fourth-order valence-corrected chi connectivity index (χ4v) is 7.20. The monoisotopic (exact) mass is 842 g/mol. The van der Waals surface area contributed by atoms with Crippen LogP contribution in [0.5, 0.6) is 0 Å². The van der Waals surface area contributed by atoms with E-state index in [1.54, 1.807) is 58.0 Å². The number of carbonyl (C=O) groups is 3. The number of nitrogens with zero attached hydrogens (tertiary/aromatic N) is 6. The summed E-state index contributed by atoms with van der Waals surface area (Å²) in [5.74, 6) is -2.14. The number of rotatable bonds is 7. The van der Waals surface area contributed by atoms with Crippen molar-refractivity contribution in [1.29, 1.82) is 0 Å². The molecule has 0 saturated carbocycles. The van der Waals surface area contributed by atoms with Crippen LogP contribution < -0.4 is 10.6 Å². The van der Waals surface area contributed by atoms with E-state index in [0.717, 1.165) is 18.4 Å². The second-order valence-electron chi connectivity index (χ2n) is 15.2. The van der Waals surface area contributed by atoms with Gasteiger partial charge < -0.3 is 19.4 Å². The number of benzene rings is 2. The molecule has 14 nitrogen and oxygen atoms in total. The maximum absolute atomic E-state index is 13.4. The molecule has 4 aromatic rings. The molecule has 0 spiro atoms. The van der Waals surface area contributed by atoms with Gasteiger partial charge in [-0.1, -0.05) is 0 Å². The zero-order valence-electron chi connectivity index (χ0n) is 33.4. The first-order valence-electron chi connectivity index (χ1n) is 18.5. The van der Waals surface area contributed by atoms with Crippen LogP contribution in [0.3, 0.4) is 0 Å². The highest BCUT2D eigenvalue weighted by Gasteiger charge is 2.34. The summed E-state index contributed by atoms with van der Waals surface area (Å²) in [6.07, 6.45) is 4.78. The van der Waals surface area contributed by atoms with E-state index < -0.39 is 51.0 Å². The minimum absolute atomic E-state index is 0.151. The second kappa shape index (κ2) is 18.4. The molecular formula is C40H46F4N8O6S. The predicted molar refractivity (Wildman–Crippen MR) is 214 cm³/mol. The number of aromatic nitrogens is 2. The summed E-state index contributed by atoms with van der Waals surface area (Å²) >= 11 is 0. The molecule has 0 radical (unpaired) electrons. The van der Waals surface area contributed by atoms with Crippen molar-refractivity contribution >= 4 is 39.8 Å². The zero-order valence-corrected chi connectivity index (χ0v) is 34.2. The molecule has 4 heterocycles. The molecule has 0 bridgehead atoms. The molecule has 2 N–H and O–H groups in total. The average molecular weight is 843 g/mol. The minimum atomic E-state index is -3.28. The Bertz CT molecular complexity index is 2220. The molecule has 316 valence electrons. The van der Waals surface area contributed by atoms with E-state index in [2.05, 4.69) is 20.6 Å². The van der Waals surface area contributed by atoms with Gasteiger partial charge in [-0.2, -0.15) is 0 Å². The fraction of sp³-hybridized carbons (Fsp3) is 0.375. The molecule has 0 aliphatic carbocycles. The van der Waals surface area contributed by atoms with E-state index in [1.807, 2.05) is 0 Å². The smallest absolute Gasteiger partial charge is 0.410 e. The summed E-state index contributed by atoms with van der Waals surface area (Å²) < 4.78 is 83.4. The summed E-state index contributed by atoms with van der Waals surface area (Å²) in [5, 5.41) is 5.33. The number of pyridine rings is 2. The topological polar surface area (TPSA) is 157 Å². The molecule has 2 fully saturated rings. The van der Waals surface area contributed by atoms with E-state index in [-0.39, 0.29) is 30.5 Å². The molecule has 2 unspecified atom stereocenters. The Hall–Kier alpha value is -5.82. The average Bonchev–Trinajstić information content (AvgIpc) is 3.86. The van der Waals surface area contributed by atoms with Crippen molar-refractivity contribution in [1.82, 2.24) is 29.0 Å². The van der Waals surface area contributed by atoms with Crippen LogP contribution in [0.4, 0.5) is 43.6 Å². The van der Waals surface area contributed by atoms with Crippen molar-refractivity contribution in [3.05, 3.63) is 96.3 Å². The third-order valence-electron chi connectivity index (χ3n) is 9.54. The van der Waals surface area contributed by atoms with Crippen LogP contribution in [0.25, 0.3) is 22.3 Å². The number of likely N-dealkylation sites (N-methyl/N-ethyl adjacent to an activating group) is 2. The van der Waals surface area contributed by atoms with Gasteiger partial charge in [0.15, 0.2) is 0 Å². The molecule has 2 aromatic carbocycles. The van der Waals surface area contributed by atoms with E-state index in [0.29, 0.717) is 60.5 Å². The number of halogens is 4. The first kappa shape index (κ1) is 44.3. The number of hydrogen-bond acceptors (Lipinski definition) is 8. The van der Waals surface area contributed by atoms with Crippen molar-refractivity contribution in [2.75, 3.05) is 57.2 Å². The molecular weight excluding hydrogens is 797 g/mol. The van der Waals surface area contributed by atoms with Crippen molar-refractivity contribution in [2.45, 2.75) is 51.3 Å². The Kier molecular flexibility index (Phi) is 13.8. The molecule has 19 heteroatoms. The van der Waals surface area contributed by atoms with Gasteiger partial charge in [-0.25, -0.2) is 54.6 Å². The number of likely N-dealkylation sites (tertiary alicyclic amines) is 1. The van der Waals surface area contributed by atoms with Crippen LogP contribution in [-0.4, -0.2) is 120 Å². The predicted octanol–water partition coefficient (Wildman–Crippen LogP) is 7.02. The summed E-state index contributed by atoms with van der Waals surface area (Å²) in [6.45, 7) is 6.94. The second-order valence-corrected chi connectivity index (χ2v) is 17.2. The van der Waals surface area contributed by atoms with E-state index in [9.17, 15) is 40.4 Å². The first-order chi connectivity index (χ1) is 27.6. The highest BCUT2D eigenvalue weighted by Crippen LogP contribution is 2.25. The number of hydrogen-bond donors (Lipinski definition) is 2. The maximum Gasteiger partial charge on any atom is 0.410 e. The van der Waals surface area contributed by atoms with Gasteiger partial charge in [0, 0.05) is 82.0 Å². The van der Waals surface area contributed by atoms with Crippen LogP contribution in [0, 0.1) is 23.3 Å². The number of carbonyl (C=O) groups excluding carboxylic acids is 3. The van der Waals surface area contributed by atoms with Crippen molar-refractivity contribution in [3.63, 3.8) is 0 Å². The van der Waals surface area contributed by atoms with Crippen LogP contribution in [0.2, 0.25) is 0 Å². The Morgan fingerprint density at radius 2 is 1.12 bits per heavy atom. The highest BCUT2D eigenvalue weighted by molar-refractivity contribution is 7.88. The molecule has 2 atom stereocenters.